The summed E-state index contributed by atoms with van der Waals surface area (Å²) < 4.78 is 13.1. The van der Waals surface area contributed by atoms with E-state index in [-0.39, 0.29) is 12.4 Å². The van der Waals surface area contributed by atoms with Crippen LogP contribution in [-0.4, -0.2) is 39.1 Å². The lowest BCUT2D eigenvalue weighted by Crippen LogP contribution is -2.49. The van der Waals surface area contributed by atoms with Crippen LogP contribution in [0.25, 0.3) is 11.1 Å². The van der Waals surface area contributed by atoms with Crippen LogP contribution in [0, 0.1) is 5.82 Å². The van der Waals surface area contributed by atoms with E-state index in [1.165, 1.54) is 17.0 Å². The Kier molecular flexibility index (Phi) is 6.30. The van der Waals surface area contributed by atoms with Crippen LogP contribution in [0.1, 0.15) is 16.7 Å². The summed E-state index contributed by atoms with van der Waals surface area (Å²) in [5, 5.41) is 23.0. The van der Waals surface area contributed by atoms with Crippen molar-refractivity contribution in [3.8, 4) is 11.1 Å². The molecule has 0 saturated heterocycles. The lowest BCUT2D eigenvalue weighted by Gasteiger charge is -2.22. The van der Waals surface area contributed by atoms with Crippen molar-refractivity contribution in [1.82, 2.24) is 10.2 Å². The second-order valence-electron chi connectivity index (χ2n) is 7.77. The fraction of sp³-hybridized carbons (Fsp3) is 0.200. The first-order valence-electron chi connectivity index (χ1n) is 10.3. The topological polar surface area (TPSA) is 89.9 Å². The van der Waals surface area contributed by atoms with Gasteiger partial charge in [0, 0.05) is 19.6 Å². The van der Waals surface area contributed by atoms with Gasteiger partial charge in [0.1, 0.15) is 5.82 Å². The zero-order chi connectivity index (χ0) is 22.7. The molecule has 32 heavy (non-hydrogen) atoms. The molecule has 2 amide bonds. The van der Waals surface area contributed by atoms with Crippen molar-refractivity contribution in [1.29, 1.82) is 0 Å². The summed E-state index contributed by atoms with van der Waals surface area (Å²) in [4.78, 5) is 26.2. The third-order valence-electron chi connectivity index (χ3n) is 5.57. The van der Waals surface area contributed by atoms with Crippen LogP contribution in [0.5, 0.6) is 0 Å². The fourth-order valence-corrected chi connectivity index (χ4v) is 3.71. The zero-order valence-corrected chi connectivity index (χ0v) is 17.2. The molecule has 7 heteroatoms. The van der Waals surface area contributed by atoms with Gasteiger partial charge in [-0.05, 0) is 39.9 Å². The Bertz CT molecular complexity index is 1090. The number of fused-ring (bicyclic) bond motifs is 1. The van der Waals surface area contributed by atoms with Crippen molar-refractivity contribution < 1.29 is 24.2 Å². The molecular weight excluding hydrogens is 411 g/mol. The average Bonchev–Trinajstić information content (AvgIpc) is 3.26. The summed E-state index contributed by atoms with van der Waals surface area (Å²) in [6, 6.07) is 21.0. The van der Waals surface area contributed by atoms with Gasteiger partial charge in [-0.2, -0.15) is 0 Å². The van der Waals surface area contributed by atoms with E-state index in [4.69, 9.17) is 0 Å². The smallest absolute Gasteiger partial charge is 0.255 e. The molecule has 0 aliphatic carbocycles. The van der Waals surface area contributed by atoms with E-state index in [0.717, 1.165) is 27.8 Å². The molecule has 3 aromatic rings. The molecule has 0 unspecified atom stereocenters. The minimum absolute atomic E-state index is 0.121. The first kappa shape index (κ1) is 21.7. The molecule has 0 spiro atoms. The Balaban J connectivity index is 1.30. The molecule has 3 aromatic carbocycles. The number of amides is 2. The molecule has 0 fully saturated rings. The maximum atomic E-state index is 13.1. The molecular formula is C25H23FN2O4. The Morgan fingerprint density at radius 3 is 1.94 bits per heavy atom. The summed E-state index contributed by atoms with van der Waals surface area (Å²) in [6.45, 7) is 0.789. The number of carbonyl (C=O) groups is 2. The number of benzene rings is 3. The maximum Gasteiger partial charge on any atom is 0.255 e. The van der Waals surface area contributed by atoms with Crippen molar-refractivity contribution in [2.24, 2.45) is 0 Å². The van der Waals surface area contributed by atoms with Gasteiger partial charge < -0.3 is 20.4 Å². The largest absolute Gasteiger partial charge is 0.380 e. The molecule has 1 aliphatic heterocycles. The number of halogens is 1. The third kappa shape index (κ3) is 4.69. The van der Waals surface area contributed by atoms with E-state index < -0.39 is 24.0 Å². The van der Waals surface area contributed by atoms with E-state index in [9.17, 15) is 24.2 Å². The Labute approximate surface area is 184 Å². The zero-order valence-electron chi connectivity index (χ0n) is 17.2. The van der Waals surface area contributed by atoms with Crippen LogP contribution in [-0.2, 0) is 29.2 Å². The number of hydrogen-bond acceptors (Lipinski definition) is 4. The monoisotopic (exact) mass is 434 g/mol. The lowest BCUT2D eigenvalue weighted by atomic mass is 10.0. The molecule has 0 radical (unpaired) electrons. The van der Waals surface area contributed by atoms with Crippen molar-refractivity contribution in [2.45, 2.75) is 31.8 Å². The standard InChI is InChI=1S/C25H23FN2O4/c26-21-11-9-18(10-12-21)17-7-5-16(6-8-17)13-27-24(31)22(29)23(30)25(32)28-14-19-3-1-2-4-20(19)15-28/h1-12,22-23,29-30H,13-15H2,(H,27,31)/t22-,23-/m1/s1. The average molecular weight is 434 g/mol. The van der Waals surface area contributed by atoms with Crippen LogP contribution in [0.15, 0.2) is 72.8 Å². The molecule has 1 aliphatic rings. The first-order chi connectivity index (χ1) is 15.4. The van der Waals surface area contributed by atoms with Crippen LogP contribution in [0.3, 0.4) is 0 Å². The minimum atomic E-state index is -1.87. The van der Waals surface area contributed by atoms with Crippen molar-refractivity contribution in [3.05, 3.63) is 95.3 Å². The highest BCUT2D eigenvalue weighted by Crippen LogP contribution is 2.23. The number of nitrogens with zero attached hydrogens (tertiary/aromatic N) is 1. The van der Waals surface area contributed by atoms with E-state index >= 15 is 0 Å². The number of aliphatic hydroxyl groups excluding tert-OH is 2. The number of aliphatic hydroxyl groups is 2. The van der Waals surface area contributed by atoms with Crippen LogP contribution in [0.4, 0.5) is 4.39 Å². The van der Waals surface area contributed by atoms with Gasteiger partial charge in [-0.1, -0.05) is 60.7 Å². The van der Waals surface area contributed by atoms with Crippen LogP contribution < -0.4 is 5.32 Å². The molecule has 164 valence electrons. The number of nitrogens with one attached hydrogen (secondary N) is 1. The van der Waals surface area contributed by atoms with E-state index in [1.807, 2.05) is 36.4 Å². The van der Waals surface area contributed by atoms with Gasteiger partial charge in [-0.15, -0.1) is 0 Å². The highest BCUT2D eigenvalue weighted by Gasteiger charge is 2.35. The molecule has 0 saturated carbocycles. The van der Waals surface area contributed by atoms with Gasteiger partial charge in [0.2, 0.25) is 0 Å². The predicted octanol–water partition coefficient (Wildman–Crippen LogP) is 2.37. The molecule has 2 atom stereocenters. The second kappa shape index (κ2) is 9.30. The molecule has 3 N–H and O–H groups in total. The van der Waals surface area contributed by atoms with Crippen molar-refractivity contribution in [3.63, 3.8) is 0 Å². The van der Waals surface area contributed by atoms with Gasteiger partial charge in [0.25, 0.3) is 11.8 Å². The lowest BCUT2D eigenvalue weighted by molar-refractivity contribution is -0.153. The SMILES string of the molecule is O=C(NCc1ccc(-c2ccc(F)cc2)cc1)[C@H](O)[C@@H](O)C(=O)N1Cc2ccccc2C1. The van der Waals surface area contributed by atoms with Crippen molar-refractivity contribution >= 4 is 11.8 Å². The number of hydrogen-bond donors (Lipinski definition) is 3. The highest BCUT2D eigenvalue weighted by atomic mass is 19.1. The summed E-state index contributed by atoms with van der Waals surface area (Å²) in [5.74, 6) is -1.82. The van der Waals surface area contributed by atoms with Crippen LogP contribution in [0.2, 0.25) is 0 Å². The minimum Gasteiger partial charge on any atom is -0.380 e. The van der Waals surface area contributed by atoms with E-state index in [1.54, 1.807) is 24.3 Å². The van der Waals surface area contributed by atoms with Gasteiger partial charge in [0.15, 0.2) is 12.2 Å². The summed E-state index contributed by atoms with van der Waals surface area (Å²) in [5.41, 5.74) is 4.50. The molecule has 1 heterocycles. The quantitative estimate of drug-likeness (QED) is 0.556. The van der Waals surface area contributed by atoms with Gasteiger partial charge in [-0.3, -0.25) is 9.59 Å². The summed E-state index contributed by atoms with van der Waals surface area (Å²) in [6.07, 6.45) is -3.71. The number of carbonyl (C=O) groups excluding carboxylic acids is 2. The Morgan fingerprint density at radius 1 is 0.844 bits per heavy atom. The fourth-order valence-electron chi connectivity index (χ4n) is 3.71. The van der Waals surface area contributed by atoms with E-state index in [0.29, 0.717) is 13.1 Å². The molecule has 6 nitrogen and oxygen atoms in total. The molecule has 0 aromatic heterocycles. The summed E-state index contributed by atoms with van der Waals surface area (Å²) in [7, 11) is 0. The highest BCUT2D eigenvalue weighted by molar-refractivity contribution is 5.91. The third-order valence-corrected chi connectivity index (χ3v) is 5.57. The molecule has 4 rings (SSSR count). The van der Waals surface area contributed by atoms with Crippen LogP contribution >= 0.6 is 0 Å². The van der Waals surface area contributed by atoms with Crippen molar-refractivity contribution in [2.75, 3.05) is 0 Å². The molecule has 0 bridgehead atoms. The first-order valence-corrected chi connectivity index (χ1v) is 10.3. The van der Waals surface area contributed by atoms with Gasteiger partial charge in [0.05, 0.1) is 0 Å². The van der Waals surface area contributed by atoms with Gasteiger partial charge >= 0.3 is 0 Å². The summed E-state index contributed by atoms with van der Waals surface area (Å²) >= 11 is 0. The normalized spacial score (nSPS) is 14.5. The predicted molar refractivity (Wildman–Crippen MR) is 116 cm³/mol. The second-order valence-corrected chi connectivity index (χ2v) is 7.77. The Morgan fingerprint density at radius 2 is 1.38 bits per heavy atom. The van der Waals surface area contributed by atoms with E-state index in [2.05, 4.69) is 5.32 Å². The van der Waals surface area contributed by atoms with Gasteiger partial charge in [-0.25, -0.2) is 4.39 Å². The Hall–Kier alpha value is -3.55. The maximum absolute atomic E-state index is 13.1. The number of rotatable bonds is 6.